The first kappa shape index (κ1) is 21.9. The fraction of sp³-hybridized carbons (Fsp3) is 0.304. The number of rotatable bonds is 8. The maximum Gasteiger partial charge on any atom is 0.324 e. The molecule has 1 N–H and O–H groups in total. The predicted octanol–water partition coefficient (Wildman–Crippen LogP) is 3.42. The Morgan fingerprint density at radius 3 is 2.41 bits per heavy atom. The van der Waals surface area contributed by atoms with E-state index in [1.54, 1.807) is 0 Å². The number of hydrogen-bond acceptors (Lipinski definition) is 6. The normalized spacial score (nSPS) is 13.3. The molecule has 0 spiro atoms. The van der Waals surface area contributed by atoms with Crippen LogP contribution in [0, 0.1) is 0 Å². The summed E-state index contributed by atoms with van der Waals surface area (Å²) in [5, 5.41) is 12.1. The highest BCUT2D eigenvalue weighted by Gasteiger charge is 2.27. The van der Waals surface area contributed by atoms with Crippen molar-refractivity contribution in [2.45, 2.75) is 19.0 Å². The Hall–Kier alpha value is -3.33. The largest absolute Gasteiger partial charge is 0.372 e. The molecule has 0 aliphatic carbocycles. The number of carbonyl (C=O) groups is 2. The van der Waals surface area contributed by atoms with Gasteiger partial charge in [0.25, 0.3) is 0 Å². The number of anilines is 1. The minimum Gasteiger partial charge on any atom is -0.372 e. The van der Waals surface area contributed by atoms with Crippen molar-refractivity contribution in [2.24, 2.45) is 0 Å². The Bertz CT molecular complexity index is 1080. The van der Waals surface area contributed by atoms with Gasteiger partial charge in [-0.25, -0.2) is 4.79 Å². The van der Waals surface area contributed by atoms with E-state index in [9.17, 15) is 9.59 Å². The van der Waals surface area contributed by atoms with Crippen LogP contribution >= 0.6 is 11.8 Å². The van der Waals surface area contributed by atoms with Crippen molar-refractivity contribution in [3.63, 3.8) is 0 Å². The molecule has 2 aromatic carbocycles. The molecule has 2 heterocycles. The zero-order chi connectivity index (χ0) is 22.5. The first-order chi connectivity index (χ1) is 15.6. The van der Waals surface area contributed by atoms with Gasteiger partial charge in [-0.15, -0.1) is 10.2 Å². The third-order valence-electron chi connectivity index (χ3n) is 5.38. The first-order valence-electron chi connectivity index (χ1n) is 10.7. The molecule has 3 amide bonds. The quantitative estimate of drug-likeness (QED) is 0.530. The Balaban J connectivity index is 1.63. The van der Waals surface area contributed by atoms with Gasteiger partial charge in [-0.2, -0.15) is 0 Å². The third kappa shape index (κ3) is 4.47. The van der Waals surface area contributed by atoms with E-state index < -0.39 is 0 Å². The molecule has 8 nitrogen and oxygen atoms in total. The van der Waals surface area contributed by atoms with E-state index in [-0.39, 0.29) is 17.7 Å². The van der Waals surface area contributed by atoms with Crippen LogP contribution in [0.3, 0.4) is 0 Å². The van der Waals surface area contributed by atoms with Crippen LogP contribution in [0.5, 0.6) is 0 Å². The molecular formula is C23H26N6O2S. The molecule has 1 aliphatic heterocycles. The molecule has 1 aromatic heterocycles. The van der Waals surface area contributed by atoms with Gasteiger partial charge in [0.15, 0.2) is 11.0 Å². The number of amides is 3. The SMILES string of the molecule is CCN(CC)c1ccc(-c2nnc(SCC(=O)N3CCNC3=O)n2-c2ccccc2)cc1. The fourth-order valence-electron chi connectivity index (χ4n) is 3.68. The Labute approximate surface area is 191 Å². The number of aromatic nitrogens is 3. The standard InChI is InChI=1S/C23H26N6O2S/c1-3-27(4-2)18-12-10-17(11-13-18)21-25-26-23(29(21)19-8-6-5-7-9-19)32-16-20(30)28-15-14-24-22(28)31/h5-13H,3-4,14-16H2,1-2H3,(H,24,31). The van der Waals surface area contributed by atoms with Gasteiger partial charge in [0, 0.05) is 43.1 Å². The number of carbonyl (C=O) groups excluding carboxylic acids is 2. The van der Waals surface area contributed by atoms with E-state index >= 15 is 0 Å². The fourth-order valence-corrected chi connectivity index (χ4v) is 4.51. The van der Waals surface area contributed by atoms with Gasteiger partial charge in [0.05, 0.1) is 5.75 Å². The lowest BCUT2D eigenvalue weighted by Gasteiger charge is -2.21. The molecule has 9 heteroatoms. The molecule has 0 radical (unpaired) electrons. The average Bonchev–Trinajstić information content (AvgIpc) is 3.45. The lowest BCUT2D eigenvalue weighted by molar-refractivity contribution is -0.124. The predicted molar refractivity (Wildman–Crippen MR) is 126 cm³/mol. The van der Waals surface area contributed by atoms with Gasteiger partial charge in [-0.05, 0) is 50.2 Å². The van der Waals surface area contributed by atoms with Gasteiger partial charge >= 0.3 is 6.03 Å². The zero-order valence-electron chi connectivity index (χ0n) is 18.2. The topological polar surface area (TPSA) is 83.4 Å². The molecule has 0 unspecified atom stereocenters. The van der Waals surface area contributed by atoms with Crippen molar-refractivity contribution in [3.05, 3.63) is 54.6 Å². The number of hydrogen-bond donors (Lipinski definition) is 1. The number of benzene rings is 2. The van der Waals surface area contributed by atoms with E-state index in [2.05, 4.69) is 46.4 Å². The van der Waals surface area contributed by atoms with Crippen molar-refractivity contribution in [1.29, 1.82) is 0 Å². The van der Waals surface area contributed by atoms with Gasteiger partial charge in [-0.3, -0.25) is 14.3 Å². The molecule has 4 rings (SSSR count). The second-order valence-corrected chi connectivity index (χ2v) is 8.20. The second-order valence-electron chi connectivity index (χ2n) is 7.26. The summed E-state index contributed by atoms with van der Waals surface area (Å²) in [6.07, 6.45) is 0. The molecule has 3 aromatic rings. The van der Waals surface area contributed by atoms with E-state index in [1.165, 1.54) is 16.7 Å². The van der Waals surface area contributed by atoms with Crippen molar-refractivity contribution in [1.82, 2.24) is 25.0 Å². The Morgan fingerprint density at radius 1 is 1.06 bits per heavy atom. The van der Waals surface area contributed by atoms with E-state index in [0.29, 0.717) is 24.1 Å². The first-order valence-corrected chi connectivity index (χ1v) is 11.7. The van der Waals surface area contributed by atoms with Crippen LogP contribution < -0.4 is 10.2 Å². The molecule has 166 valence electrons. The maximum absolute atomic E-state index is 12.5. The Kier molecular flexibility index (Phi) is 6.75. The Morgan fingerprint density at radius 2 is 1.78 bits per heavy atom. The molecule has 0 atom stereocenters. The van der Waals surface area contributed by atoms with Crippen LogP contribution in [0.25, 0.3) is 17.1 Å². The minimum atomic E-state index is -0.339. The van der Waals surface area contributed by atoms with Gasteiger partial charge in [-0.1, -0.05) is 30.0 Å². The van der Waals surface area contributed by atoms with Crippen LogP contribution in [0.4, 0.5) is 10.5 Å². The zero-order valence-corrected chi connectivity index (χ0v) is 19.0. The van der Waals surface area contributed by atoms with Crippen LogP contribution in [-0.4, -0.2) is 63.5 Å². The summed E-state index contributed by atoms with van der Waals surface area (Å²) in [5.41, 5.74) is 3.01. The molecule has 1 aliphatic rings. The number of thioether (sulfide) groups is 1. The average molecular weight is 451 g/mol. The number of nitrogens with zero attached hydrogens (tertiary/aromatic N) is 5. The van der Waals surface area contributed by atoms with Gasteiger partial charge in [0.2, 0.25) is 5.91 Å². The smallest absolute Gasteiger partial charge is 0.324 e. The summed E-state index contributed by atoms with van der Waals surface area (Å²) in [6, 6.07) is 17.8. The second kappa shape index (κ2) is 9.86. The monoisotopic (exact) mass is 450 g/mol. The number of imide groups is 1. The van der Waals surface area contributed by atoms with Gasteiger partial charge < -0.3 is 10.2 Å². The molecular weight excluding hydrogens is 424 g/mol. The highest BCUT2D eigenvalue weighted by atomic mass is 32.2. The summed E-state index contributed by atoms with van der Waals surface area (Å²) in [7, 11) is 0. The van der Waals surface area contributed by atoms with E-state index in [4.69, 9.17) is 0 Å². The highest BCUT2D eigenvalue weighted by molar-refractivity contribution is 7.99. The summed E-state index contributed by atoms with van der Waals surface area (Å²) < 4.78 is 1.95. The summed E-state index contributed by atoms with van der Waals surface area (Å²) in [5.74, 6) is 0.577. The van der Waals surface area contributed by atoms with Crippen molar-refractivity contribution < 1.29 is 9.59 Å². The maximum atomic E-state index is 12.5. The van der Waals surface area contributed by atoms with Crippen LogP contribution in [0.1, 0.15) is 13.8 Å². The summed E-state index contributed by atoms with van der Waals surface area (Å²) >= 11 is 1.28. The van der Waals surface area contributed by atoms with Crippen LogP contribution in [-0.2, 0) is 4.79 Å². The van der Waals surface area contributed by atoms with Crippen molar-refractivity contribution in [2.75, 3.05) is 36.8 Å². The lowest BCUT2D eigenvalue weighted by Crippen LogP contribution is -2.35. The summed E-state index contributed by atoms with van der Waals surface area (Å²) in [6.45, 7) is 7.05. The number of para-hydroxylation sites is 1. The van der Waals surface area contributed by atoms with Crippen molar-refractivity contribution in [3.8, 4) is 17.1 Å². The van der Waals surface area contributed by atoms with Gasteiger partial charge in [0.1, 0.15) is 0 Å². The minimum absolute atomic E-state index is 0.110. The number of nitrogens with one attached hydrogen (secondary N) is 1. The summed E-state index contributed by atoms with van der Waals surface area (Å²) in [4.78, 5) is 27.8. The molecule has 1 saturated heterocycles. The lowest BCUT2D eigenvalue weighted by atomic mass is 10.1. The molecule has 1 fully saturated rings. The van der Waals surface area contributed by atoms with Crippen LogP contribution in [0.2, 0.25) is 0 Å². The van der Waals surface area contributed by atoms with Crippen molar-refractivity contribution >= 4 is 29.4 Å². The third-order valence-corrected chi connectivity index (χ3v) is 6.30. The highest BCUT2D eigenvalue weighted by Crippen LogP contribution is 2.29. The number of urea groups is 1. The molecule has 32 heavy (non-hydrogen) atoms. The van der Waals surface area contributed by atoms with Crippen LogP contribution in [0.15, 0.2) is 59.8 Å². The van der Waals surface area contributed by atoms with E-state index in [0.717, 1.165) is 30.0 Å². The van der Waals surface area contributed by atoms with E-state index in [1.807, 2.05) is 47.0 Å². The molecule has 0 saturated carbocycles. The molecule has 0 bridgehead atoms.